The largest absolute Gasteiger partial charge is 0.349 e. The van der Waals surface area contributed by atoms with E-state index in [1.165, 1.54) is 11.8 Å². The number of carbonyl (C=O) groups is 1. The molecule has 130 valence electrons. The fourth-order valence-electron chi connectivity index (χ4n) is 2.76. The first-order valence-electron chi connectivity index (χ1n) is 7.59. The number of aromatic nitrogens is 1. The van der Waals surface area contributed by atoms with Gasteiger partial charge in [0.1, 0.15) is 11.1 Å². The molecule has 1 aliphatic heterocycles. The van der Waals surface area contributed by atoms with E-state index in [-0.39, 0.29) is 23.2 Å². The summed E-state index contributed by atoms with van der Waals surface area (Å²) >= 11 is 1.20. The van der Waals surface area contributed by atoms with Gasteiger partial charge < -0.3 is 5.32 Å². The molecular formula is C16H21N3O3S2. The molecule has 2 rings (SSSR count). The van der Waals surface area contributed by atoms with Gasteiger partial charge in [-0.25, -0.2) is 13.4 Å². The molecule has 0 radical (unpaired) electrons. The summed E-state index contributed by atoms with van der Waals surface area (Å²) in [7, 11) is -3.07. The molecule has 2 heterocycles. The molecule has 1 N–H and O–H groups in total. The lowest BCUT2D eigenvalue weighted by atomic mass is 10.0. The molecule has 0 aliphatic carbocycles. The summed E-state index contributed by atoms with van der Waals surface area (Å²) < 4.78 is 23.2. The van der Waals surface area contributed by atoms with Crippen molar-refractivity contribution in [2.45, 2.75) is 44.7 Å². The second-order valence-electron chi connectivity index (χ2n) is 6.48. The molecule has 0 aromatic carbocycles. The zero-order valence-corrected chi connectivity index (χ0v) is 15.9. The lowest BCUT2D eigenvalue weighted by molar-refractivity contribution is -0.120. The number of aryl methyl sites for hydroxylation is 1. The van der Waals surface area contributed by atoms with Crippen LogP contribution in [0.2, 0.25) is 0 Å². The second-order valence-corrected chi connectivity index (χ2v) is 9.63. The molecular weight excluding hydrogens is 346 g/mol. The third-order valence-electron chi connectivity index (χ3n) is 4.36. The fraction of sp³-hybridized carbons (Fsp3) is 0.562. The van der Waals surface area contributed by atoms with Crippen molar-refractivity contribution in [1.82, 2.24) is 10.3 Å². The highest BCUT2D eigenvalue weighted by Crippen LogP contribution is 2.27. The minimum atomic E-state index is -3.07. The van der Waals surface area contributed by atoms with Gasteiger partial charge in [0.15, 0.2) is 9.84 Å². The molecule has 0 saturated carbocycles. The summed E-state index contributed by atoms with van der Waals surface area (Å²) in [6, 6.07) is 2.15. The maximum absolute atomic E-state index is 12.2. The van der Waals surface area contributed by atoms with Crippen LogP contribution < -0.4 is 5.32 Å². The van der Waals surface area contributed by atoms with Crippen molar-refractivity contribution < 1.29 is 13.2 Å². The fourth-order valence-corrected chi connectivity index (χ4v) is 5.74. The number of hydrogen-bond acceptors (Lipinski definition) is 6. The van der Waals surface area contributed by atoms with Gasteiger partial charge in [-0.2, -0.15) is 5.26 Å². The van der Waals surface area contributed by atoms with E-state index < -0.39 is 15.4 Å². The van der Waals surface area contributed by atoms with E-state index in [0.29, 0.717) is 17.0 Å². The summed E-state index contributed by atoms with van der Waals surface area (Å²) in [5.41, 5.74) is 2.47. The Hall–Kier alpha value is -1.59. The molecule has 0 unspecified atom stereocenters. The van der Waals surface area contributed by atoms with Crippen LogP contribution in [-0.2, 0) is 14.6 Å². The van der Waals surface area contributed by atoms with Crippen molar-refractivity contribution >= 4 is 27.5 Å². The molecule has 24 heavy (non-hydrogen) atoms. The summed E-state index contributed by atoms with van der Waals surface area (Å²) in [5, 5.41) is 12.7. The Morgan fingerprint density at radius 1 is 1.38 bits per heavy atom. The Morgan fingerprint density at radius 3 is 2.58 bits per heavy atom. The number of nitriles is 1. The van der Waals surface area contributed by atoms with Gasteiger partial charge in [0.2, 0.25) is 5.91 Å². The first-order chi connectivity index (χ1) is 11.1. The maximum Gasteiger partial charge on any atom is 0.230 e. The van der Waals surface area contributed by atoms with Crippen LogP contribution in [0.15, 0.2) is 5.03 Å². The number of rotatable bonds is 4. The van der Waals surface area contributed by atoms with Gasteiger partial charge in [0.05, 0.1) is 28.4 Å². The monoisotopic (exact) mass is 367 g/mol. The number of nitrogens with zero attached hydrogens (tertiary/aromatic N) is 2. The molecule has 1 aromatic rings. The number of thioether (sulfide) groups is 1. The summed E-state index contributed by atoms with van der Waals surface area (Å²) in [5.74, 6) is -0.0748. The van der Waals surface area contributed by atoms with Gasteiger partial charge in [-0.05, 0) is 45.2 Å². The van der Waals surface area contributed by atoms with Crippen LogP contribution in [0, 0.1) is 32.1 Å². The normalized spacial score (nSPS) is 22.1. The molecule has 1 aromatic heterocycles. The number of hydrogen-bond donors (Lipinski definition) is 1. The molecule has 0 bridgehead atoms. The van der Waals surface area contributed by atoms with E-state index in [1.807, 2.05) is 20.8 Å². The summed E-state index contributed by atoms with van der Waals surface area (Å²) in [6.07, 6.45) is 0.427. The van der Waals surface area contributed by atoms with Crippen molar-refractivity contribution in [2.75, 3.05) is 17.3 Å². The third kappa shape index (κ3) is 4.08. The van der Waals surface area contributed by atoms with E-state index in [9.17, 15) is 18.5 Å². The molecule has 8 heteroatoms. The van der Waals surface area contributed by atoms with Crippen LogP contribution in [-0.4, -0.2) is 42.1 Å². The number of sulfone groups is 1. The van der Waals surface area contributed by atoms with Crippen molar-refractivity contribution in [1.29, 1.82) is 5.26 Å². The lowest BCUT2D eigenvalue weighted by Crippen LogP contribution is -2.47. The Morgan fingerprint density at radius 2 is 2.04 bits per heavy atom. The van der Waals surface area contributed by atoms with E-state index in [0.717, 1.165) is 16.8 Å². The van der Waals surface area contributed by atoms with Crippen LogP contribution >= 0.6 is 11.8 Å². The van der Waals surface area contributed by atoms with Gasteiger partial charge in [0.25, 0.3) is 0 Å². The summed E-state index contributed by atoms with van der Waals surface area (Å²) in [6.45, 7) is 7.41. The summed E-state index contributed by atoms with van der Waals surface area (Å²) in [4.78, 5) is 16.6. The minimum Gasteiger partial charge on any atom is -0.349 e. The first kappa shape index (κ1) is 18.7. The first-order valence-corrected chi connectivity index (χ1v) is 10.4. The second kappa shape index (κ2) is 6.73. The van der Waals surface area contributed by atoms with Crippen LogP contribution in [0.1, 0.15) is 35.7 Å². The van der Waals surface area contributed by atoms with Crippen LogP contribution in [0.3, 0.4) is 0 Å². The van der Waals surface area contributed by atoms with E-state index in [1.54, 1.807) is 6.92 Å². The van der Waals surface area contributed by atoms with Gasteiger partial charge in [-0.15, -0.1) is 0 Å². The number of carbonyl (C=O) groups excluding carboxylic acids is 1. The smallest absolute Gasteiger partial charge is 0.230 e. The van der Waals surface area contributed by atoms with Crippen molar-refractivity contribution in [3.05, 3.63) is 22.4 Å². The Balaban J connectivity index is 2.07. The highest BCUT2D eigenvalue weighted by molar-refractivity contribution is 8.00. The van der Waals surface area contributed by atoms with E-state index in [4.69, 9.17) is 0 Å². The molecule has 1 saturated heterocycles. The average molecular weight is 367 g/mol. The lowest BCUT2D eigenvalue weighted by Gasteiger charge is -2.23. The van der Waals surface area contributed by atoms with E-state index in [2.05, 4.69) is 16.4 Å². The SMILES string of the molecule is Cc1nc(SCC(=O)N[C@]2(C)CCS(=O)(=O)C2)c(C#N)c(C)c1C. The highest BCUT2D eigenvalue weighted by atomic mass is 32.2. The highest BCUT2D eigenvalue weighted by Gasteiger charge is 2.39. The predicted molar refractivity (Wildman–Crippen MR) is 93.7 cm³/mol. The average Bonchev–Trinajstić information content (AvgIpc) is 2.76. The molecule has 1 atom stereocenters. The number of amides is 1. The number of pyridine rings is 1. The quantitative estimate of drug-likeness (QED) is 0.813. The standard InChI is InChI=1S/C16H21N3O3S2/c1-10-11(2)13(7-17)15(18-12(10)3)23-8-14(20)19-16(4)5-6-24(21,22)9-16/h5-6,8-9H2,1-4H3,(H,19,20)/t16-/m1/s1. The van der Waals surface area contributed by atoms with Gasteiger partial charge >= 0.3 is 0 Å². The van der Waals surface area contributed by atoms with E-state index >= 15 is 0 Å². The molecule has 1 amide bonds. The Kier molecular flexibility index (Phi) is 5.25. The Labute approximate surface area is 147 Å². The minimum absolute atomic E-state index is 0.0269. The molecule has 6 nitrogen and oxygen atoms in total. The van der Waals surface area contributed by atoms with Crippen molar-refractivity contribution in [3.63, 3.8) is 0 Å². The zero-order valence-electron chi connectivity index (χ0n) is 14.3. The maximum atomic E-state index is 12.2. The predicted octanol–water partition coefficient (Wildman–Crippen LogP) is 1.66. The van der Waals surface area contributed by atoms with Gasteiger partial charge in [-0.1, -0.05) is 11.8 Å². The number of nitrogens with one attached hydrogen (secondary N) is 1. The van der Waals surface area contributed by atoms with Gasteiger partial charge in [-0.3, -0.25) is 4.79 Å². The zero-order chi connectivity index (χ0) is 18.1. The van der Waals surface area contributed by atoms with Gasteiger partial charge in [0, 0.05) is 5.69 Å². The molecule has 1 fully saturated rings. The molecule has 1 aliphatic rings. The van der Waals surface area contributed by atoms with Crippen LogP contribution in [0.25, 0.3) is 0 Å². The Bertz CT molecular complexity index is 828. The topological polar surface area (TPSA) is 99.9 Å². The van der Waals surface area contributed by atoms with Crippen LogP contribution in [0.5, 0.6) is 0 Å². The third-order valence-corrected chi connectivity index (χ3v) is 7.24. The van der Waals surface area contributed by atoms with Crippen LogP contribution in [0.4, 0.5) is 0 Å². The van der Waals surface area contributed by atoms with Crippen molar-refractivity contribution in [2.24, 2.45) is 0 Å². The molecule has 0 spiro atoms. The van der Waals surface area contributed by atoms with Crippen molar-refractivity contribution in [3.8, 4) is 6.07 Å².